The summed E-state index contributed by atoms with van der Waals surface area (Å²) in [7, 11) is -1.25. The third-order valence-corrected chi connectivity index (χ3v) is 27.8. The summed E-state index contributed by atoms with van der Waals surface area (Å²) in [6.07, 6.45) is 32.4. The minimum atomic E-state index is -1.55. The zero-order valence-corrected chi connectivity index (χ0v) is 86.0. The number of nitriles is 4. The van der Waals surface area contributed by atoms with Gasteiger partial charge in [0.2, 0.25) is 10.0 Å². The number of aliphatic hydroxyl groups is 5. The number of aromatic nitrogens is 8. The largest absolute Gasteiger partial charge is 0.474 e. The minimum Gasteiger partial charge on any atom is -0.474 e. The minimum absolute atomic E-state index is 0.0165. The molecule has 44 heteroatoms. The molecule has 4 aromatic heterocycles. The van der Waals surface area contributed by atoms with Gasteiger partial charge in [-0.15, -0.1) is 49.4 Å². The molecule has 2 aliphatic carbocycles. The van der Waals surface area contributed by atoms with E-state index in [9.17, 15) is 43.5 Å². The predicted octanol–water partition coefficient (Wildman–Crippen LogP) is 9.90. The lowest BCUT2D eigenvalue weighted by molar-refractivity contribution is -0.0459. The number of nitrogens with zero attached hydrogens (tertiary/aromatic N) is 10. The monoisotopic (exact) mass is 2050 g/mol. The Bertz CT molecular complexity index is 5630. The van der Waals surface area contributed by atoms with E-state index in [0.717, 1.165) is 69.3 Å². The fourth-order valence-electron chi connectivity index (χ4n) is 14.8. The fraction of sp³-hybridized carbons (Fsp3) is 0.649. The van der Waals surface area contributed by atoms with E-state index in [2.05, 4.69) is 122 Å². The molecule has 0 radical (unpaired) electrons. The maximum absolute atomic E-state index is 12.4. The highest BCUT2D eigenvalue weighted by Crippen LogP contribution is 2.55. The molecule has 19 atom stereocenters. The number of terminal acetylenes is 4. The number of hydrogen-bond donors (Lipinski definition) is 9. The molecule has 10 rings (SSSR count). The molecule has 0 amide bonds. The van der Waals surface area contributed by atoms with Crippen LogP contribution in [0.2, 0.25) is 0 Å². The van der Waals surface area contributed by atoms with Crippen LogP contribution in [-0.2, 0) is 55.1 Å². The van der Waals surface area contributed by atoms with Crippen molar-refractivity contribution in [3.63, 3.8) is 0 Å². The van der Waals surface area contributed by atoms with Gasteiger partial charge in [-0.05, 0) is 139 Å². The summed E-state index contributed by atoms with van der Waals surface area (Å²) in [6, 6.07) is 8.66. The van der Waals surface area contributed by atoms with Gasteiger partial charge >= 0.3 is 22.8 Å². The van der Waals surface area contributed by atoms with E-state index in [4.69, 9.17) is 120 Å². The first-order valence-corrected chi connectivity index (χ1v) is 51.4. The van der Waals surface area contributed by atoms with Crippen molar-refractivity contribution in [2.75, 3.05) is 80.9 Å². The van der Waals surface area contributed by atoms with Gasteiger partial charge in [-0.1, -0.05) is 35.5 Å². The van der Waals surface area contributed by atoms with Gasteiger partial charge < -0.3 is 85.4 Å². The fourth-order valence-corrected chi connectivity index (χ4v) is 20.1. The molecule has 774 valence electrons. The van der Waals surface area contributed by atoms with Crippen molar-refractivity contribution < 1.29 is 89.5 Å². The lowest BCUT2D eigenvalue weighted by atomic mass is 10.1. The van der Waals surface area contributed by atoms with E-state index in [1.807, 2.05) is 68.1 Å². The Morgan fingerprint density at radius 2 is 0.851 bits per heavy atom. The van der Waals surface area contributed by atoms with Crippen LogP contribution in [0.15, 0.2) is 63.1 Å². The van der Waals surface area contributed by atoms with Crippen LogP contribution in [-0.4, -0.2) is 231 Å². The second-order valence-electron chi connectivity index (χ2n) is 32.5. The number of aliphatic hydroxyl groups excluding tert-OH is 5. The zero-order valence-electron chi connectivity index (χ0n) is 88.5. The Kier molecular flexibility index (Phi) is 57.2. The molecule has 4 aliphatic heterocycles. The number of nitrogens with one attached hydrogen (secondary N) is 4. The molecular weight excluding hydrogens is 1900 g/mol. The maximum Gasteiger partial charge on any atom is 0.330 e. The first-order chi connectivity index (χ1) is 70.6. The second kappa shape index (κ2) is 70.1. The van der Waals surface area contributed by atoms with E-state index >= 15 is 0 Å². The number of fused-ring (bicyclic) bond motifs is 1. The molecule has 5 unspecified atom stereocenters. The highest BCUT2D eigenvalue weighted by atomic mass is 31.2. The molecule has 4 saturated heterocycles. The van der Waals surface area contributed by atoms with Gasteiger partial charge in [-0.25, -0.2) is 28.5 Å². The predicted molar refractivity (Wildman–Crippen MR) is 535 cm³/mol. The van der Waals surface area contributed by atoms with Crippen molar-refractivity contribution in [2.45, 2.75) is 309 Å². The third kappa shape index (κ3) is 43.1. The number of H-pyrrole nitrogens is 4. The van der Waals surface area contributed by atoms with Crippen LogP contribution in [0.5, 0.6) is 5.75 Å². The summed E-state index contributed by atoms with van der Waals surface area (Å²) in [6.45, 7) is 21.3. The summed E-state index contributed by atoms with van der Waals surface area (Å²) >= 11 is 0. The molecule has 0 aromatic carbocycles. The van der Waals surface area contributed by atoms with Gasteiger partial charge in [-0.2, -0.15) is 21.0 Å². The Labute approximate surface area is 839 Å². The normalized spacial score (nSPS) is 22.8. The zero-order chi connectivity index (χ0) is 109. The van der Waals surface area contributed by atoms with Crippen LogP contribution in [0.1, 0.15) is 257 Å². The van der Waals surface area contributed by atoms with Crippen molar-refractivity contribution in [1.29, 1.82) is 25.3 Å². The third-order valence-electron chi connectivity index (χ3n) is 21.3. The summed E-state index contributed by atoms with van der Waals surface area (Å²) in [4.78, 5) is 106. The summed E-state index contributed by atoms with van der Waals surface area (Å²) in [5, 5.41) is 64.1. The van der Waals surface area contributed by atoms with Crippen molar-refractivity contribution in [3.05, 3.63) is 125 Å². The quantitative estimate of drug-likeness (QED) is 0.0113. The van der Waals surface area contributed by atoms with Gasteiger partial charge in [0.25, 0.3) is 39.3 Å². The number of rotatable bonds is 41. The lowest BCUT2D eigenvalue weighted by Crippen LogP contribution is -2.35. The van der Waals surface area contributed by atoms with E-state index in [1.165, 1.54) is 77.2 Å². The Morgan fingerprint density at radius 3 is 1.22 bits per heavy atom. The number of hydrogen-bond acceptors (Lipinski definition) is 32. The summed E-state index contributed by atoms with van der Waals surface area (Å²) in [5.41, 5.74) is -4.66. The second-order valence-corrected chi connectivity index (χ2v) is 38.0. The number of aromatic amines is 4. The molecule has 6 aliphatic rings. The smallest absolute Gasteiger partial charge is 0.330 e. The van der Waals surface area contributed by atoms with E-state index in [1.54, 1.807) is 6.66 Å². The maximum atomic E-state index is 12.4. The molecule has 0 bridgehead atoms. The Morgan fingerprint density at radius 1 is 0.496 bits per heavy atom. The molecule has 141 heavy (non-hydrogen) atoms. The van der Waals surface area contributed by atoms with Crippen LogP contribution >= 0.6 is 33.8 Å². The first-order valence-electron chi connectivity index (χ1n) is 49.2. The number of ether oxygens (including phenoxy) is 5. The van der Waals surface area contributed by atoms with Gasteiger partial charge in [-0.3, -0.25) is 57.4 Å². The van der Waals surface area contributed by atoms with Crippen LogP contribution < -0.4 is 49.7 Å². The van der Waals surface area contributed by atoms with Crippen molar-refractivity contribution in [2.24, 2.45) is 17.8 Å². The average Bonchev–Trinajstić information content (AvgIpc) is 1.62. The molecule has 9 N–H and O–H groups in total. The van der Waals surface area contributed by atoms with Gasteiger partial charge in [0.15, 0.2) is 16.8 Å². The highest BCUT2D eigenvalue weighted by Gasteiger charge is 2.48. The van der Waals surface area contributed by atoms with Crippen molar-refractivity contribution >= 4 is 33.8 Å². The van der Waals surface area contributed by atoms with E-state index in [0.29, 0.717) is 45.1 Å². The molecule has 8 heterocycles. The molecule has 0 spiro atoms. The summed E-state index contributed by atoms with van der Waals surface area (Å²) in [5.74, 6) is 30.0. The first kappa shape index (κ1) is 115. The molecular formula is C97H140N14O26P4. The molecule has 40 nitrogen and oxygen atoms in total. The van der Waals surface area contributed by atoms with Crippen molar-refractivity contribution in [1.82, 2.24) is 47.5 Å². The average molecular weight is 2050 g/mol. The van der Waals surface area contributed by atoms with Gasteiger partial charge in [0.1, 0.15) is 54.3 Å². The van der Waals surface area contributed by atoms with E-state index < -0.39 is 153 Å². The van der Waals surface area contributed by atoms with E-state index in [-0.39, 0.29) is 139 Å². The SMILES string of the molecule is C#CCCCCC#Cc1cn([C@H]2C[C@@H](O)[C@@H](CO)O2)c(=O)[nH]c1=O.CP(OCCC#N)OCCC1[C@H]2CCC#CCC[C@@H]12.[2H]C[C@H]1O[C@@H](n2cc(C#C)c(=O)[nH]c2=O)C[C@H]1OP(OCCC#N)N(C(C)C)C(C)C.[2H]C[C@H]1O[C@@H](n2cc(C#CCCCCC#C)c(=O)[nH]c2=O)C[C@H]1OP(C)OCCC#N.[2H]C[C@H]1O[C@@H](n2cc(OCC#C)c(=O)[nH]c2=O)C[C@H]1OP(OCCC#N)N(C(C)C)C(C)C.[3H]OC.[3H]OC.[3H]OC. The van der Waals surface area contributed by atoms with Crippen molar-refractivity contribution in [3.8, 4) is 115 Å². The lowest BCUT2D eigenvalue weighted by Gasteiger charge is -2.37. The van der Waals surface area contributed by atoms with Gasteiger partial charge in [0.05, 0.1) is 139 Å². The topological polar surface area (TPSA) is 542 Å². The number of unbranched alkanes of at least 4 members (excludes halogenated alkanes) is 6. The highest BCUT2D eigenvalue weighted by molar-refractivity contribution is 7.46. The summed E-state index contributed by atoms with van der Waals surface area (Å²) < 4.78 is 125. The van der Waals surface area contributed by atoms with Crippen LogP contribution in [0.4, 0.5) is 0 Å². The van der Waals surface area contributed by atoms with Crippen LogP contribution in [0.3, 0.4) is 0 Å². The Hall–Kier alpha value is -9.64. The Balaban J connectivity index is 0.000000466. The molecule has 4 aromatic rings. The van der Waals surface area contributed by atoms with Crippen LogP contribution in [0, 0.1) is 148 Å². The van der Waals surface area contributed by atoms with Crippen LogP contribution in [0.25, 0.3) is 0 Å². The molecule has 1 saturated carbocycles. The standard InChI is InChI=1S/C21H31N4O6P.C21H26N3O5P.C20H29N4O5P.C17H20N2O5.C15H22NO2P.3CH4O/c1-7-10-28-18-13-24(21(27)23-20(18)26)19-12-17(16(6)30-19)31-32(29-11-8-9-22)25(14(2)3)15(4)5;1-4-5-6-7-8-9-11-17-15-24(21(26)23-20(17)25)19-14-18(16(2)28-19)29-30(3)27-13-10-12-22;1-7-16-12-23(20(26)22-19(16)25)18-11-17(15(6)28-18)29-30(27-10-8-9-21)24(13(2)3)14(4)5;1-2-3-4-5-6-7-8-12-10-19(17(23)18-16(12)22)15-9-13(21)14(11-20)24-15;1-19(17-11-6-10-16)18-12-9-15-13-7-4-2-3-5-8-14(13)15;3*1-2/h1,13-17,19H,8,10-12H2,2-6H3,(H,23,26,27);1,15-16,18-19H,5-8,10,13-14H2,2-3H3,(H,23,25,26);1,12-15,17-18H,8,10-11H2,2-6H3,(H,22,25,26);1,10,13-15,20-21H,3-6,9,11H2,(H,18,22,23);13-15H,4-9,11-12H2,1H3;3*2H,1H3/t16-,17-,19-,32?;16-,18-,19-,30?;15-,17-,18-,30?;13-,14-,15-;13-,14+,15?,19?;;;/m1111..../s1/i6D;2D;6D;;;3*2T. The molecule has 5 fully saturated rings. The van der Waals surface area contributed by atoms with Gasteiger partial charge in [0, 0.05) is 146 Å².